The molecular weight excluding hydrogens is 290 g/mol. The normalized spacial score (nSPS) is 14.8. The Labute approximate surface area is 126 Å². The second kappa shape index (κ2) is 7.02. The Bertz CT molecular complexity index is 597. The highest BCUT2D eigenvalue weighted by atomic mass is 32.2. The lowest BCUT2D eigenvalue weighted by Gasteiger charge is -2.16. The molecule has 1 aromatic carbocycles. The van der Waals surface area contributed by atoms with Gasteiger partial charge in [-0.2, -0.15) is 4.72 Å². The highest BCUT2D eigenvalue weighted by Gasteiger charge is 2.22. The number of hydrogen-bond acceptors (Lipinski definition) is 4. The number of rotatable bonds is 6. The Kier molecular flexibility index (Phi) is 5.88. The zero-order valence-electron chi connectivity index (χ0n) is 12.8. The minimum absolute atomic E-state index is 0.0501. The second-order valence-corrected chi connectivity index (χ2v) is 7.08. The molecule has 0 radical (unpaired) electrons. The van der Waals surface area contributed by atoms with Crippen molar-refractivity contribution in [3.05, 3.63) is 29.8 Å². The molecule has 2 atom stereocenters. The first-order valence-electron chi connectivity index (χ1n) is 6.81. The van der Waals surface area contributed by atoms with Gasteiger partial charge in [0.1, 0.15) is 0 Å². The van der Waals surface area contributed by atoms with Crippen LogP contribution in [0.15, 0.2) is 29.2 Å². The third kappa shape index (κ3) is 5.11. The first-order chi connectivity index (χ1) is 9.63. The van der Waals surface area contributed by atoms with Crippen LogP contribution >= 0.6 is 0 Å². The van der Waals surface area contributed by atoms with Crippen LogP contribution in [0.1, 0.15) is 39.3 Å². The second-order valence-electron chi connectivity index (χ2n) is 5.37. The fourth-order valence-corrected chi connectivity index (χ4v) is 2.99. The van der Waals surface area contributed by atoms with Crippen LogP contribution in [-0.2, 0) is 14.8 Å². The zero-order valence-corrected chi connectivity index (χ0v) is 13.6. The molecule has 2 unspecified atom stereocenters. The summed E-state index contributed by atoms with van der Waals surface area (Å²) in [5.74, 6) is -0.364. The summed E-state index contributed by atoms with van der Waals surface area (Å²) in [7, 11) is -3.76. The van der Waals surface area contributed by atoms with E-state index in [0.29, 0.717) is 0 Å². The molecule has 0 bridgehead atoms. The first-order valence-corrected chi connectivity index (χ1v) is 8.30. The van der Waals surface area contributed by atoms with Crippen molar-refractivity contribution in [2.24, 2.45) is 5.73 Å². The van der Waals surface area contributed by atoms with E-state index in [4.69, 9.17) is 5.73 Å². The fraction of sp³-hybridized carbons (Fsp3) is 0.500. The number of nitrogens with one attached hydrogen (secondary N) is 2. The molecule has 1 aromatic rings. The van der Waals surface area contributed by atoms with Crippen LogP contribution < -0.4 is 15.8 Å². The fourth-order valence-electron chi connectivity index (χ4n) is 1.73. The maximum atomic E-state index is 12.3. The van der Waals surface area contributed by atoms with E-state index in [9.17, 15) is 13.2 Å². The van der Waals surface area contributed by atoms with E-state index in [2.05, 4.69) is 10.0 Å². The largest absolute Gasteiger partial charge is 0.353 e. The van der Waals surface area contributed by atoms with Gasteiger partial charge in [-0.1, -0.05) is 12.1 Å². The lowest BCUT2D eigenvalue weighted by molar-refractivity contribution is -0.122. The summed E-state index contributed by atoms with van der Waals surface area (Å²) in [6.45, 7) is 6.90. The third-order valence-electron chi connectivity index (χ3n) is 2.85. The summed E-state index contributed by atoms with van der Waals surface area (Å²) in [4.78, 5) is 11.9. The number of nitrogens with two attached hydrogens (primary N) is 1. The maximum Gasteiger partial charge on any atom is 0.241 e. The van der Waals surface area contributed by atoms with Gasteiger partial charge in [-0.15, -0.1) is 0 Å². The van der Waals surface area contributed by atoms with Crippen LogP contribution in [0.3, 0.4) is 0 Å². The van der Waals surface area contributed by atoms with Crippen LogP contribution in [0.25, 0.3) is 0 Å². The highest BCUT2D eigenvalue weighted by molar-refractivity contribution is 7.89. The Morgan fingerprint density at radius 1 is 1.19 bits per heavy atom. The summed E-state index contributed by atoms with van der Waals surface area (Å²) in [5, 5.41) is 2.66. The van der Waals surface area contributed by atoms with Crippen LogP contribution in [0.4, 0.5) is 0 Å². The van der Waals surface area contributed by atoms with Crippen molar-refractivity contribution in [1.82, 2.24) is 10.0 Å². The van der Waals surface area contributed by atoms with Crippen molar-refractivity contribution < 1.29 is 13.2 Å². The lowest BCUT2D eigenvalue weighted by Crippen LogP contribution is -2.46. The van der Waals surface area contributed by atoms with Crippen molar-refractivity contribution in [3.63, 3.8) is 0 Å². The van der Waals surface area contributed by atoms with Gasteiger partial charge in [-0.3, -0.25) is 4.79 Å². The molecule has 0 fully saturated rings. The molecule has 0 aliphatic carbocycles. The van der Waals surface area contributed by atoms with E-state index in [1.54, 1.807) is 19.1 Å². The van der Waals surface area contributed by atoms with Crippen LogP contribution in [-0.4, -0.2) is 26.4 Å². The molecule has 4 N–H and O–H groups in total. The molecule has 1 amide bonds. The Balaban J connectivity index is 2.91. The Morgan fingerprint density at radius 3 is 2.33 bits per heavy atom. The summed E-state index contributed by atoms with van der Waals surface area (Å²) in [6.07, 6.45) is 0. The van der Waals surface area contributed by atoms with Crippen molar-refractivity contribution in [2.45, 2.75) is 50.7 Å². The molecule has 0 saturated heterocycles. The number of hydrogen-bond donors (Lipinski definition) is 3. The SMILES string of the molecule is CC(C)NC(=O)C(C)NS(=O)(=O)c1cccc(C(C)N)c1. The van der Waals surface area contributed by atoms with Gasteiger partial charge in [0.05, 0.1) is 10.9 Å². The van der Waals surface area contributed by atoms with E-state index >= 15 is 0 Å². The smallest absolute Gasteiger partial charge is 0.241 e. The minimum atomic E-state index is -3.76. The molecule has 0 aromatic heterocycles. The van der Waals surface area contributed by atoms with Crippen molar-refractivity contribution >= 4 is 15.9 Å². The monoisotopic (exact) mass is 313 g/mol. The van der Waals surface area contributed by atoms with Crippen LogP contribution in [0.5, 0.6) is 0 Å². The first kappa shape index (κ1) is 17.6. The standard InChI is InChI=1S/C14H23N3O3S/c1-9(2)16-14(18)11(4)17-21(19,20)13-7-5-6-12(8-13)10(3)15/h5-11,17H,15H2,1-4H3,(H,16,18). The van der Waals surface area contributed by atoms with E-state index in [1.807, 2.05) is 13.8 Å². The molecule has 1 rings (SSSR count). The van der Waals surface area contributed by atoms with Crippen LogP contribution in [0.2, 0.25) is 0 Å². The predicted molar refractivity (Wildman–Crippen MR) is 82.1 cm³/mol. The molecule has 0 saturated carbocycles. The molecule has 0 spiro atoms. The molecule has 0 aliphatic rings. The van der Waals surface area contributed by atoms with Crippen molar-refractivity contribution in [1.29, 1.82) is 0 Å². The highest BCUT2D eigenvalue weighted by Crippen LogP contribution is 2.16. The number of carbonyl (C=O) groups excluding carboxylic acids is 1. The van der Waals surface area contributed by atoms with Gasteiger partial charge in [0.25, 0.3) is 0 Å². The predicted octanol–water partition coefficient (Wildman–Crippen LogP) is 0.898. The summed E-state index contributed by atoms with van der Waals surface area (Å²) in [5.41, 5.74) is 6.47. The van der Waals surface area contributed by atoms with Gasteiger partial charge in [-0.05, 0) is 45.4 Å². The zero-order chi connectivity index (χ0) is 16.2. The molecular formula is C14H23N3O3S. The summed E-state index contributed by atoms with van der Waals surface area (Å²) in [6, 6.07) is 5.22. The van der Waals surface area contributed by atoms with Gasteiger partial charge in [0.2, 0.25) is 15.9 Å². The van der Waals surface area contributed by atoms with E-state index < -0.39 is 16.1 Å². The van der Waals surface area contributed by atoms with Gasteiger partial charge in [0, 0.05) is 12.1 Å². The number of amides is 1. The number of sulfonamides is 1. The third-order valence-corrected chi connectivity index (χ3v) is 4.39. The summed E-state index contributed by atoms with van der Waals surface area (Å²) >= 11 is 0. The van der Waals surface area contributed by atoms with Crippen molar-refractivity contribution in [3.8, 4) is 0 Å². The molecule has 21 heavy (non-hydrogen) atoms. The Hall–Kier alpha value is -1.44. The van der Waals surface area contributed by atoms with Crippen molar-refractivity contribution in [2.75, 3.05) is 0 Å². The molecule has 6 nitrogen and oxygen atoms in total. The Morgan fingerprint density at radius 2 is 1.81 bits per heavy atom. The van der Waals surface area contributed by atoms with Crippen LogP contribution in [0, 0.1) is 0 Å². The average molecular weight is 313 g/mol. The van der Waals surface area contributed by atoms with E-state index in [1.165, 1.54) is 19.1 Å². The summed E-state index contributed by atoms with van der Waals surface area (Å²) < 4.78 is 26.9. The average Bonchev–Trinajstić information content (AvgIpc) is 2.37. The van der Waals surface area contributed by atoms with E-state index in [-0.39, 0.29) is 22.9 Å². The number of carbonyl (C=O) groups is 1. The van der Waals surface area contributed by atoms with E-state index in [0.717, 1.165) is 5.56 Å². The topological polar surface area (TPSA) is 101 Å². The molecule has 118 valence electrons. The van der Waals surface area contributed by atoms with Gasteiger partial charge in [0.15, 0.2) is 0 Å². The van der Waals surface area contributed by atoms with Gasteiger partial charge < -0.3 is 11.1 Å². The minimum Gasteiger partial charge on any atom is -0.353 e. The number of benzene rings is 1. The van der Waals surface area contributed by atoms with Gasteiger partial charge in [-0.25, -0.2) is 8.42 Å². The van der Waals surface area contributed by atoms with Gasteiger partial charge >= 0.3 is 0 Å². The lowest BCUT2D eigenvalue weighted by atomic mass is 10.1. The molecule has 0 heterocycles. The maximum absolute atomic E-state index is 12.3. The molecule has 7 heteroatoms. The quantitative estimate of drug-likeness (QED) is 0.726. The molecule has 0 aliphatic heterocycles.